The first kappa shape index (κ1) is 10.8. The number of hydrogen-bond acceptors (Lipinski definition) is 3. The van der Waals surface area contributed by atoms with Crippen LogP contribution in [0.25, 0.3) is 0 Å². The maximum absolute atomic E-state index is 12.9. The molecule has 3 nitrogen and oxygen atoms in total. The second-order valence-electron chi connectivity index (χ2n) is 3.31. The lowest BCUT2D eigenvalue weighted by Gasteiger charge is -2.08. The number of halogens is 2. The summed E-state index contributed by atoms with van der Waals surface area (Å²) in [4.78, 5) is 7.93. The average molecular weight is 238 g/mol. The number of anilines is 2. The van der Waals surface area contributed by atoms with Gasteiger partial charge in [-0.25, -0.2) is 9.37 Å². The lowest BCUT2D eigenvalue weighted by molar-refractivity contribution is 0.627. The van der Waals surface area contributed by atoms with E-state index in [-0.39, 0.29) is 5.82 Å². The topological polar surface area (TPSA) is 37.8 Å². The van der Waals surface area contributed by atoms with E-state index < -0.39 is 0 Å². The van der Waals surface area contributed by atoms with Crippen molar-refractivity contribution in [1.29, 1.82) is 0 Å². The number of rotatable bonds is 2. The van der Waals surface area contributed by atoms with E-state index in [2.05, 4.69) is 15.3 Å². The molecule has 0 saturated carbocycles. The van der Waals surface area contributed by atoms with Crippen LogP contribution in [0.1, 0.15) is 5.56 Å². The highest BCUT2D eigenvalue weighted by molar-refractivity contribution is 6.29. The maximum atomic E-state index is 12.9. The number of benzene rings is 1. The minimum Gasteiger partial charge on any atom is -0.339 e. The average Bonchev–Trinajstić information content (AvgIpc) is 2.22. The molecule has 0 fully saturated rings. The predicted molar refractivity (Wildman–Crippen MR) is 61.5 cm³/mol. The Morgan fingerprint density at radius 3 is 2.81 bits per heavy atom. The Labute approximate surface area is 97.3 Å². The van der Waals surface area contributed by atoms with Crippen molar-refractivity contribution in [2.75, 3.05) is 5.32 Å². The van der Waals surface area contributed by atoms with Gasteiger partial charge in [0, 0.05) is 5.69 Å². The number of nitrogens with one attached hydrogen (secondary N) is 1. The molecule has 2 rings (SSSR count). The summed E-state index contributed by atoms with van der Waals surface area (Å²) in [5, 5.41) is 3.33. The summed E-state index contributed by atoms with van der Waals surface area (Å²) in [6.45, 7) is 1.81. The second kappa shape index (κ2) is 4.45. The highest BCUT2D eigenvalue weighted by atomic mass is 35.5. The Balaban J connectivity index is 2.27. The minimum atomic E-state index is -0.264. The van der Waals surface area contributed by atoms with Crippen LogP contribution in [0.4, 0.5) is 15.9 Å². The molecule has 0 aliphatic heterocycles. The summed E-state index contributed by atoms with van der Waals surface area (Å²) in [5.74, 6) is 0.266. The van der Waals surface area contributed by atoms with E-state index in [1.54, 1.807) is 12.3 Å². The Hall–Kier alpha value is -1.68. The van der Waals surface area contributed by atoms with Crippen molar-refractivity contribution in [3.63, 3.8) is 0 Å². The summed E-state index contributed by atoms with van der Waals surface area (Å²) in [6.07, 6.45) is 3.00. The van der Waals surface area contributed by atoms with E-state index >= 15 is 0 Å². The number of hydrogen-bond donors (Lipinski definition) is 1. The molecule has 0 atom stereocenters. The molecule has 0 radical (unpaired) electrons. The standard InChI is InChI=1S/C11H9ClFN3/c1-7-4-8(13)2-3-9(7)15-11-6-14-5-10(12)16-11/h2-6H,1H3,(H,15,16). The minimum absolute atomic E-state index is 0.264. The summed E-state index contributed by atoms with van der Waals surface area (Å²) >= 11 is 5.70. The lowest BCUT2D eigenvalue weighted by Crippen LogP contribution is -1.96. The first-order valence-electron chi connectivity index (χ1n) is 4.66. The zero-order valence-electron chi connectivity index (χ0n) is 8.54. The van der Waals surface area contributed by atoms with Crippen LogP contribution in [0.15, 0.2) is 30.6 Å². The van der Waals surface area contributed by atoms with E-state index in [1.165, 1.54) is 18.3 Å². The quantitative estimate of drug-likeness (QED) is 0.871. The third-order valence-electron chi connectivity index (χ3n) is 2.06. The van der Waals surface area contributed by atoms with Gasteiger partial charge in [0.05, 0.1) is 12.4 Å². The van der Waals surface area contributed by atoms with Crippen LogP contribution >= 0.6 is 11.6 Å². The smallest absolute Gasteiger partial charge is 0.150 e. The monoisotopic (exact) mass is 237 g/mol. The van der Waals surface area contributed by atoms with Crippen molar-refractivity contribution in [1.82, 2.24) is 9.97 Å². The molecule has 0 unspecified atom stereocenters. The van der Waals surface area contributed by atoms with Crippen LogP contribution in [0.2, 0.25) is 5.15 Å². The molecule has 2 aromatic rings. The molecule has 82 valence electrons. The lowest BCUT2D eigenvalue weighted by atomic mass is 10.2. The van der Waals surface area contributed by atoms with Crippen molar-refractivity contribution in [3.05, 3.63) is 47.1 Å². The van der Waals surface area contributed by atoms with Gasteiger partial charge in [0.25, 0.3) is 0 Å². The normalized spacial score (nSPS) is 10.2. The Kier molecular flexibility index (Phi) is 3.01. The zero-order chi connectivity index (χ0) is 11.5. The molecular weight excluding hydrogens is 229 g/mol. The number of aryl methyl sites for hydroxylation is 1. The summed E-state index contributed by atoms with van der Waals surface area (Å²) in [5.41, 5.74) is 1.57. The van der Waals surface area contributed by atoms with Gasteiger partial charge in [-0.15, -0.1) is 0 Å². The van der Waals surface area contributed by atoms with Gasteiger partial charge in [0.15, 0.2) is 5.82 Å². The molecule has 0 bridgehead atoms. The van der Waals surface area contributed by atoms with Crippen molar-refractivity contribution in [2.24, 2.45) is 0 Å². The molecular formula is C11H9ClFN3. The highest BCUT2D eigenvalue weighted by Crippen LogP contribution is 2.20. The first-order chi connectivity index (χ1) is 7.65. The van der Waals surface area contributed by atoms with E-state index in [1.807, 2.05) is 6.92 Å². The fraction of sp³-hybridized carbons (Fsp3) is 0.0909. The van der Waals surface area contributed by atoms with Crippen LogP contribution in [-0.2, 0) is 0 Å². The van der Waals surface area contributed by atoms with Gasteiger partial charge in [-0.3, -0.25) is 4.98 Å². The zero-order valence-corrected chi connectivity index (χ0v) is 9.29. The van der Waals surface area contributed by atoms with Crippen LogP contribution in [0, 0.1) is 12.7 Å². The third kappa shape index (κ3) is 2.46. The molecule has 1 aromatic carbocycles. The van der Waals surface area contributed by atoms with Crippen molar-refractivity contribution in [2.45, 2.75) is 6.92 Å². The summed E-state index contributed by atoms with van der Waals surface area (Å²) in [6, 6.07) is 4.47. The van der Waals surface area contributed by atoms with Gasteiger partial charge < -0.3 is 5.32 Å². The molecule has 1 aromatic heterocycles. The van der Waals surface area contributed by atoms with Gasteiger partial charge in [0.2, 0.25) is 0 Å². The van der Waals surface area contributed by atoms with Gasteiger partial charge in [-0.2, -0.15) is 0 Å². The number of nitrogens with zero attached hydrogens (tertiary/aromatic N) is 2. The Morgan fingerprint density at radius 1 is 1.31 bits per heavy atom. The fourth-order valence-corrected chi connectivity index (χ4v) is 1.46. The second-order valence-corrected chi connectivity index (χ2v) is 3.70. The predicted octanol–water partition coefficient (Wildman–Crippen LogP) is 3.32. The van der Waals surface area contributed by atoms with Crippen LogP contribution in [0.5, 0.6) is 0 Å². The molecule has 0 saturated heterocycles. The third-order valence-corrected chi connectivity index (χ3v) is 2.24. The Bertz CT molecular complexity index is 516. The van der Waals surface area contributed by atoms with Gasteiger partial charge in [-0.1, -0.05) is 11.6 Å². The van der Waals surface area contributed by atoms with Crippen molar-refractivity contribution >= 4 is 23.1 Å². The molecule has 1 heterocycles. The van der Waals surface area contributed by atoms with Crippen LogP contribution in [-0.4, -0.2) is 9.97 Å². The SMILES string of the molecule is Cc1cc(F)ccc1Nc1cncc(Cl)n1. The maximum Gasteiger partial charge on any atom is 0.150 e. The molecule has 1 N–H and O–H groups in total. The molecule has 0 aliphatic rings. The molecule has 0 aliphatic carbocycles. The largest absolute Gasteiger partial charge is 0.339 e. The van der Waals surface area contributed by atoms with Crippen LogP contribution < -0.4 is 5.32 Å². The van der Waals surface area contributed by atoms with Gasteiger partial charge in [0.1, 0.15) is 11.0 Å². The van der Waals surface area contributed by atoms with Gasteiger partial charge >= 0.3 is 0 Å². The molecule has 0 spiro atoms. The van der Waals surface area contributed by atoms with Gasteiger partial charge in [-0.05, 0) is 30.7 Å². The van der Waals surface area contributed by atoms with Crippen molar-refractivity contribution in [3.8, 4) is 0 Å². The van der Waals surface area contributed by atoms with E-state index in [9.17, 15) is 4.39 Å². The molecule has 5 heteroatoms. The van der Waals surface area contributed by atoms with Crippen LogP contribution in [0.3, 0.4) is 0 Å². The summed E-state index contributed by atoms with van der Waals surface area (Å²) < 4.78 is 12.9. The van der Waals surface area contributed by atoms with E-state index in [0.29, 0.717) is 11.0 Å². The van der Waals surface area contributed by atoms with E-state index in [0.717, 1.165) is 11.3 Å². The number of aromatic nitrogens is 2. The first-order valence-corrected chi connectivity index (χ1v) is 5.03. The Morgan fingerprint density at radius 2 is 2.12 bits per heavy atom. The highest BCUT2D eigenvalue weighted by Gasteiger charge is 2.02. The van der Waals surface area contributed by atoms with E-state index in [4.69, 9.17) is 11.6 Å². The molecule has 0 amide bonds. The fourth-order valence-electron chi connectivity index (χ4n) is 1.31. The molecule has 16 heavy (non-hydrogen) atoms. The van der Waals surface area contributed by atoms with Crippen molar-refractivity contribution < 1.29 is 4.39 Å². The summed E-state index contributed by atoms with van der Waals surface area (Å²) in [7, 11) is 0.